The first kappa shape index (κ1) is 13.9. The molecule has 0 saturated carbocycles. The Bertz CT molecular complexity index is 676. The Morgan fingerprint density at radius 2 is 2.25 bits per heavy atom. The van der Waals surface area contributed by atoms with Gasteiger partial charge in [-0.1, -0.05) is 30.4 Å². The molecule has 20 heavy (non-hydrogen) atoms. The van der Waals surface area contributed by atoms with Gasteiger partial charge < -0.3 is 11.5 Å². The monoisotopic (exact) mass is 291 g/mol. The summed E-state index contributed by atoms with van der Waals surface area (Å²) in [7, 11) is 0. The number of thiazole rings is 1. The number of aromatic nitrogens is 1. The molecule has 0 bridgehead atoms. The largest absolute Gasteiger partial charge is 0.370 e. The van der Waals surface area contributed by atoms with Crippen LogP contribution < -0.4 is 11.5 Å². The van der Waals surface area contributed by atoms with Crippen LogP contribution in [0.1, 0.15) is 11.8 Å². The maximum atomic E-state index is 10.8. The number of nitro groups is 1. The lowest BCUT2D eigenvalue weighted by molar-refractivity contribution is -0.384. The Hall–Kier alpha value is -2.48. The number of guanidine groups is 1. The van der Waals surface area contributed by atoms with E-state index in [0.717, 1.165) is 11.3 Å². The molecule has 0 aliphatic heterocycles. The summed E-state index contributed by atoms with van der Waals surface area (Å²) in [4.78, 5) is 19.6. The van der Waals surface area contributed by atoms with Gasteiger partial charge in [0.25, 0.3) is 5.69 Å². The van der Waals surface area contributed by atoms with Crippen molar-refractivity contribution >= 4 is 28.1 Å². The highest BCUT2D eigenvalue weighted by Gasteiger charge is 2.14. The maximum Gasteiger partial charge on any atom is 0.270 e. The molecule has 0 spiro atoms. The van der Waals surface area contributed by atoms with Crippen LogP contribution in [0.25, 0.3) is 11.3 Å². The first-order valence-corrected chi connectivity index (χ1v) is 6.67. The van der Waals surface area contributed by atoms with Gasteiger partial charge in [0, 0.05) is 22.6 Å². The van der Waals surface area contributed by atoms with Crippen molar-refractivity contribution in [2.75, 3.05) is 0 Å². The zero-order valence-corrected chi connectivity index (χ0v) is 11.6. The summed E-state index contributed by atoms with van der Waals surface area (Å²) in [6.45, 7) is 1.98. The van der Waals surface area contributed by atoms with Crippen molar-refractivity contribution in [1.82, 2.24) is 4.98 Å². The van der Waals surface area contributed by atoms with Crippen LogP contribution in [0.3, 0.4) is 0 Å². The number of benzene rings is 1. The molecule has 0 saturated heterocycles. The standard InChI is InChI=1S/C12H13N5O2S/c1-2-9-10(15-12(20-9)16-11(13)14)7-4-3-5-8(6-7)17(18)19/h3-6H,2H2,1H3,(H4,13,14,15,16). The van der Waals surface area contributed by atoms with Crippen LogP contribution in [-0.2, 0) is 6.42 Å². The third kappa shape index (κ3) is 2.91. The van der Waals surface area contributed by atoms with Crippen LogP contribution in [0.5, 0.6) is 0 Å². The van der Waals surface area contributed by atoms with Crippen LogP contribution in [0.2, 0.25) is 0 Å². The molecule has 0 unspecified atom stereocenters. The Kier molecular flexibility index (Phi) is 3.94. The lowest BCUT2D eigenvalue weighted by atomic mass is 10.1. The van der Waals surface area contributed by atoms with E-state index in [2.05, 4.69) is 9.98 Å². The van der Waals surface area contributed by atoms with Crippen molar-refractivity contribution in [3.05, 3.63) is 39.3 Å². The first-order valence-electron chi connectivity index (χ1n) is 5.85. The molecule has 1 aromatic heterocycles. The Balaban J connectivity index is 2.51. The molecule has 0 radical (unpaired) electrons. The second kappa shape index (κ2) is 5.66. The van der Waals surface area contributed by atoms with E-state index >= 15 is 0 Å². The van der Waals surface area contributed by atoms with E-state index in [-0.39, 0.29) is 11.6 Å². The van der Waals surface area contributed by atoms with E-state index in [9.17, 15) is 10.1 Å². The van der Waals surface area contributed by atoms with Crippen LogP contribution >= 0.6 is 11.3 Å². The number of aliphatic imine (C=N–C) groups is 1. The Morgan fingerprint density at radius 1 is 1.50 bits per heavy atom. The summed E-state index contributed by atoms with van der Waals surface area (Å²) in [6, 6.07) is 6.35. The lowest BCUT2D eigenvalue weighted by Crippen LogP contribution is -2.21. The van der Waals surface area contributed by atoms with Crippen LogP contribution in [-0.4, -0.2) is 15.9 Å². The molecular formula is C12H13N5O2S. The number of aryl methyl sites for hydroxylation is 1. The van der Waals surface area contributed by atoms with Gasteiger partial charge in [-0.25, -0.2) is 4.98 Å². The fraction of sp³-hybridized carbons (Fsp3) is 0.167. The van der Waals surface area contributed by atoms with Gasteiger partial charge in [0.15, 0.2) is 5.96 Å². The van der Waals surface area contributed by atoms with Gasteiger partial charge in [-0.05, 0) is 6.42 Å². The number of nitrogens with zero attached hydrogens (tertiary/aromatic N) is 3. The first-order chi connectivity index (χ1) is 9.51. The maximum absolute atomic E-state index is 10.8. The van der Waals surface area contributed by atoms with Gasteiger partial charge >= 0.3 is 0 Å². The van der Waals surface area contributed by atoms with E-state index in [1.54, 1.807) is 12.1 Å². The highest BCUT2D eigenvalue weighted by molar-refractivity contribution is 7.15. The quantitative estimate of drug-likeness (QED) is 0.387. The molecule has 0 amide bonds. The molecule has 8 heteroatoms. The topological polar surface area (TPSA) is 120 Å². The number of hydrogen-bond acceptors (Lipinski definition) is 5. The second-order valence-corrected chi connectivity index (χ2v) is 5.03. The third-order valence-electron chi connectivity index (χ3n) is 2.56. The molecule has 1 aromatic carbocycles. The van der Waals surface area contributed by atoms with E-state index in [0.29, 0.717) is 16.4 Å². The zero-order chi connectivity index (χ0) is 14.7. The predicted molar refractivity (Wildman–Crippen MR) is 79.1 cm³/mol. The van der Waals surface area contributed by atoms with Crippen molar-refractivity contribution in [3.63, 3.8) is 0 Å². The highest BCUT2D eigenvalue weighted by atomic mass is 32.1. The average Bonchev–Trinajstić information content (AvgIpc) is 2.81. The number of nitro benzene ring substituents is 1. The minimum atomic E-state index is -0.432. The van der Waals surface area contributed by atoms with Gasteiger partial charge in [0.2, 0.25) is 5.13 Å². The van der Waals surface area contributed by atoms with E-state index in [1.807, 2.05) is 6.92 Å². The predicted octanol–water partition coefficient (Wildman–Crippen LogP) is 2.19. The third-order valence-corrected chi connectivity index (χ3v) is 3.66. The van der Waals surface area contributed by atoms with Crippen molar-refractivity contribution in [2.45, 2.75) is 13.3 Å². The minimum Gasteiger partial charge on any atom is -0.370 e. The van der Waals surface area contributed by atoms with E-state index < -0.39 is 4.92 Å². The summed E-state index contributed by atoms with van der Waals surface area (Å²) in [5.41, 5.74) is 12.1. The molecule has 0 fully saturated rings. The summed E-state index contributed by atoms with van der Waals surface area (Å²) in [5.74, 6) is -0.0630. The Morgan fingerprint density at radius 3 is 2.85 bits per heavy atom. The van der Waals surface area contributed by atoms with Gasteiger partial charge in [-0.2, -0.15) is 4.99 Å². The van der Waals surface area contributed by atoms with Crippen molar-refractivity contribution in [2.24, 2.45) is 16.5 Å². The van der Waals surface area contributed by atoms with Gasteiger partial charge in [-0.3, -0.25) is 10.1 Å². The van der Waals surface area contributed by atoms with Crippen LogP contribution in [0.4, 0.5) is 10.8 Å². The fourth-order valence-electron chi connectivity index (χ4n) is 1.73. The summed E-state index contributed by atoms with van der Waals surface area (Å²) in [5, 5.41) is 11.3. The molecule has 104 valence electrons. The summed E-state index contributed by atoms with van der Waals surface area (Å²) >= 11 is 1.37. The van der Waals surface area contributed by atoms with Crippen LogP contribution in [0.15, 0.2) is 29.3 Å². The Labute approximate surface area is 119 Å². The van der Waals surface area contributed by atoms with Crippen molar-refractivity contribution in [3.8, 4) is 11.3 Å². The molecule has 4 N–H and O–H groups in total. The molecule has 7 nitrogen and oxygen atoms in total. The highest BCUT2D eigenvalue weighted by Crippen LogP contribution is 2.34. The molecule has 2 rings (SSSR count). The molecule has 0 aliphatic rings. The van der Waals surface area contributed by atoms with Crippen LogP contribution in [0, 0.1) is 10.1 Å². The average molecular weight is 291 g/mol. The molecule has 0 atom stereocenters. The summed E-state index contributed by atoms with van der Waals surface area (Å²) in [6.07, 6.45) is 0.746. The summed E-state index contributed by atoms with van der Waals surface area (Å²) < 4.78 is 0. The molecule has 2 aromatic rings. The lowest BCUT2D eigenvalue weighted by Gasteiger charge is -1.99. The van der Waals surface area contributed by atoms with E-state index in [1.165, 1.54) is 23.5 Å². The normalized spacial score (nSPS) is 10.2. The smallest absolute Gasteiger partial charge is 0.270 e. The van der Waals surface area contributed by atoms with Gasteiger partial charge in [0.1, 0.15) is 0 Å². The zero-order valence-electron chi connectivity index (χ0n) is 10.7. The number of non-ortho nitro benzene ring substituents is 1. The van der Waals surface area contributed by atoms with E-state index in [4.69, 9.17) is 11.5 Å². The number of rotatable bonds is 4. The van der Waals surface area contributed by atoms with Gasteiger partial charge in [-0.15, -0.1) is 0 Å². The number of nitrogens with two attached hydrogens (primary N) is 2. The second-order valence-electron chi connectivity index (χ2n) is 3.97. The number of hydrogen-bond donors (Lipinski definition) is 2. The SMILES string of the molecule is CCc1sc(N=C(N)N)nc1-c1cccc([N+](=O)[O-])c1. The fourth-order valence-corrected chi connectivity index (χ4v) is 2.64. The minimum absolute atomic E-state index is 0.0287. The molecule has 1 heterocycles. The molecular weight excluding hydrogens is 278 g/mol. The van der Waals surface area contributed by atoms with Crippen molar-refractivity contribution in [1.29, 1.82) is 0 Å². The van der Waals surface area contributed by atoms with Gasteiger partial charge in [0.05, 0.1) is 10.6 Å². The molecule has 0 aliphatic carbocycles. The van der Waals surface area contributed by atoms with Crippen molar-refractivity contribution < 1.29 is 4.92 Å².